The Bertz CT molecular complexity index is 747. The smallest absolute Gasteiger partial charge is 0.353 e. The van der Waals surface area contributed by atoms with Gasteiger partial charge in [-0.3, -0.25) is 10.1 Å². The number of benzene rings is 1. The molecule has 0 spiro atoms. The number of ether oxygens (including phenoxy) is 1. The van der Waals surface area contributed by atoms with Crippen LogP contribution >= 0.6 is 0 Å². The van der Waals surface area contributed by atoms with E-state index >= 15 is 0 Å². The van der Waals surface area contributed by atoms with Crippen LogP contribution in [0.1, 0.15) is 25.3 Å². The van der Waals surface area contributed by atoms with E-state index in [9.17, 15) is 10.1 Å². The number of aryl methyl sites for hydroxylation is 1. The summed E-state index contributed by atoms with van der Waals surface area (Å²) in [6, 6.07) is 7.67. The molecule has 1 fully saturated rings. The lowest BCUT2D eigenvalue weighted by atomic mass is 10.1. The average Bonchev–Trinajstić information content (AvgIpc) is 3.14. The Labute approximate surface area is 145 Å². The van der Waals surface area contributed by atoms with E-state index in [1.807, 2.05) is 31.2 Å². The van der Waals surface area contributed by atoms with E-state index in [0.717, 1.165) is 37.1 Å². The third-order valence-electron chi connectivity index (χ3n) is 4.18. The molecular formula is C17H21N5O3. The number of nitro groups is 1. The van der Waals surface area contributed by atoms with E-state index in [4.69, 9.17) is 4.74 Å². The molecule has 0 bridgehead atoms. The summed E-state index contributed by atoms with van der Waals surface area (Å²) in [4.78, 5) is 19.3. The third-order valence-corrected chi connectivity index (χ3v) is 4.18. The second-order valence-electron chi connectivity index (χ2n) is 5.83. The summed E-state index contributed by atoms with van der Waals surface area (Å²) < 4.78 is 5.54. The van der Waals surface area contributed by atoms with Gasteiger partial charge < -0.3 is 15.4 Å². The van der Waals surface area contributed by atoms with Crippen molar-refractivity contribution in [2.24, 2.45) is 0 Å². The van der Waals surface area contributed by atoms with E-state index in [2.05, 4.69) is 20.6 Å². The first-order valence-electron chi connectivity index (χ1n) is 8.38. The van der Waals surface area contributed by atoms with Crippen molar-refractivity contribution in [2.75, 3.05) is 23.8 Å². The molecule has 2 aromatic rings. The Kier molecular flexibility index (Phi) is 5.39. The minimum absolute atomic E-state index is 0.0618. The number of nitrogens with zero attached hydrogens (tertiary/aromatic N) is 3. The summed E-state index contributed by atoms with van der Waals surface area (Å²) in [6.07, 6.45) is 4.15. The van der Waals surface area contributed by atoms with Crippen molar-refractivity contribution in [3.63, 3.8) is 0 Å². The topological polar surface area (TPSA) is 102 Å². The number of rotatable bonds is 7. The van der Waals surface area contributed by atoms with E-state index in [1.165, 1.54) is 6.33 Å². The minimum Gasteiger partial charge on any atom is -0.376 e. The summed E-state index contributed by atoms with van der Waals surface area (Å²) in [5, 5.41) is 17.7. The van der Waals surface area contributed by atoms with Crippen LogP contribution in [0, 0.1) is 10.1 Å². The van der Waals surface area contributed by atoms with Crippen LogP contribution < -0.4 is 10.6 Å². The lowest BCUT2D eigenvalue weighted by molar-refractivity contribution is -0.383. The summed E-state index contributed by atoms with van der Waals surface area (Å²) in [5.41, 5.74) is 1.70. The molecule has 0 aliphatic carbocycles. The normalized spacial score (nSPS) is 16.6. The number of aromatic nitrogens is 2. The molecule has 8 heteroatoms. The highest BCUT2D eigenvalue weighted by molar-refractivity contribution is 5.74. The Morgan fingerprint density at radius 1 is 1.32 bits per heavy atom. The Hall–Kier alpha value is -2.74. The lowest BCUT2D eigenvalue weighted by Gasteiger charge is -2.14. The molecule has 1 unspecified atom stereocenters. The molecule has 1 saturated heterocycles. The van der Waals surface area contributed by atoms with E-state index in [-0.39, 0.29) is 23.4 Å². The standard InChI is InChI=1S/C17H21N5O3/c1-2-12-6-3-4-8-14(12)21-17-15(22(23)24)16(19-11-20-17)18-10-13-7-5-9-25-13/h3-4,6,8,11,13H,2,5,7,9-10H2,1H3,(H2,18,19,20,21). The Balaban J connectivity index is 1.85. The predicted octanol–water partition coefficient (Wildman–Crippen LogP) is 3.28. The summed E-state index contributed by atoms with van der Waals surface area (Å²) in [5.74, 6) is 0.378. The largest absolute Gasteiger partial charge is 0.376 e. The number of para-hydroxylation sites is 1. The number of anilines is 3. The highest BCUT2D eigenvalue weighted by Crippen LogP contribution is 2.32. The maximum Gasteiger partial charge on any atom is 0.353 e. The van der Waals surface area contributed by atoms with Crippen molar-refractivity contribution in [3.05, 3.63) is 46.3 Å². The van der Waals surface area contributed by atoms with Gasteiger partial charge in [0.2, 0.25) is 11.6 Å². The number of hydrogen-bond donors (Lipinski definition) is 2. The van der Waals surface area contributed by atoms with Gasteiger partial charge in [-0.15, -0.1) is 0 Å². The Morgan fingerprint density at radius 2 is 2.12 bits per heavy atom. The maximum atomic E-state index is 11.6. The molecule has 0 radical (unpaired) electrons. The maximum absolute atomic E-state index is 11.6. The molecule has 2 N–H and O–H groups in total. The van der Waals surface area contributed by atoms with Gasteiger partial charge in [0.25, 0.3) is 0 Å². The molecule has 1 aliphatic rings. The summed E-state index contributed by atoms with van der Waals surface area (Å²) in [7, 11) is 0. The van der Waals surface area contributed by atoms with Crippen molar-refractivity contribution >= 4 is 23.0 Å². The fourth-order valence-electron chi connectivity index (χ4n) is 2.87. The molecular weight excluding hydrogens is 322 g/mol. The van der Waals surface area contributed by atoms with Gasteiger partial charge in [-0.1, -0.05) is 25.1 Å². The molecule has 1 aliphatic heterocycles. The van der Waals surface area contributed by atoms with Crippen molar-refractivity contribution in [3.8, 4) is 0 Å². The fraction of sp³-hybridized carbons (Fsp3) is 0.412. The quantitative estimate of drug-likeness (QED) is 0.587. The van der Waals surface area contributed by atoms with Crippen LogP contribution in [0.4, 0.5) is 23.0 Å². The number of nitrogens with one attached hydrogen (secondary N) is 2. The van der Waals surface area contributed by atoms with E-state index in [0.29, 0.717) is 6.54 Å². The fourth-order valence-corrected chi connectivity index (χ4v) is 2.87. The molecule has 132 valence electrons. The number of hydrogen-bond acceptors (Lipinski definition) is 7. The second-order valence-corrected chi connectivity index (χ2v) is 5.83. The van der Waals surface area contributed by atoms with Crippen LogP contribution in [-0.4, -0.2) is 34.1 Å². The predicted molar refractivity (Wildman–Crippen MR) is 95.3 cm³/mol. The first-order chi connectivity index (χ1) is 12.2. The van der Waals surface area contributed by atoms with Gasteiger partial charge in [-0.2, -0.15) is 0 Å². The first-order valence-corrected chi connectivity index (χ1v) is 8.38. The van der Waals surface area contributed by atoms with Gasteiger partial charge in [0, 0.05) is 18.8 Å². The van der Waals surface area contributed by atoms with Crippen molar-refractivity contribution in [2.45, 2.75) is 32.3 Å². The van der Waals surface area contributed by atoms with E-state index in [1.54, 1.807) is 0 Å². The Morgan fingerprint density at radius 3 is 2.84 bits per heavy atom. The van der Waals surface area contributed by atoms with Gasteiger partial charge >= 0.3 is 5.69 Å². The van der Waals surface area contributed by atoms with E-state index < -0.39 is 4.92 Å². The summed E-state index contributed by atoms with van der Waals surface area (Å²) in [6.45, 7) is 3.26. The molecule has 1 atom stereocenters. The molecule has 25 heavy (non-hydrogen) atoms. The first kappa shape index (κ1) is 17.1. The molecule has 2 heterocycles. The SMILES string of the molecule is CCc1ccccc1Nc1ncnc(NCC2CCCO2)c1[N+](=O)[O-]. The molecule has 1 aromatic heterocycles. The molecule has 1 aromatic carbocycles. The monoisotopic (exact) mass is 343 g/mol. The van der Waals surface area contributed by atoms with Crippen molar-refractivity contribution < 1.29 is 9.66 Å². The van der Waals surface area contributed by atoms with Crippen molar-refractivity contribution in [1.29, 1.82) is 0 Å². The highest BCUT2D eigenvalue weighted by atomic mass is 16.6. The molecule has 0 amide bonds. The average molecular weight is 343 g/mol. The third kappa shape index (κ3) is 4.03. The lowest BCUT2D eigenvalue weighted by Crippen LogP contribution is -2.20. The van der Waals surface area contributed by atoms with Gasteiger partial charge in [0.1, 0.15) is 6.33 Å². The molecule has 3 rings (SSSR count). The summed E-state index contributed by atoms with van der Waals surface area (Å²) >= 11 is 0. The minimum atomic E-state index is -0.464. The highest BCUT2D eigenvalue weighted by Gasteiger charge is 2.25. The van der Waals surface area contributed by atoms with Crippen LogP contribution in [-0.2, 0) is 11.2 Å². The zero-order valence-electron chi connectivity index (χ0n) is 14.1. The van der Waals surface area contributed by atoms with Crippen LogP contribution in [0.3, 0.4) is 0 Å². The van der Waals surface area contributed by atoms with Crippen LogP contribution in [0.2, 0.25) is 0 Å². The van der Waals surface area contributed by atoms with Gasteiger partial charge in [0.15, 0.2) is 0 Å². The van der Waals surface area contributed by atoms with Gasteiger partial charge in [-0.05, 0) is 30.9 Å². The van der Waals surface area contributed by atoms with Crippen LogP contribution in [0.15, 0.2) is 30.6 Å². The van der Waals surface area contributed by atoms with Crippen molar-refractivity contribution in [1.82, 2.24) is 9.97 Å². The molecule has 0 saturated carbocycles. The van der Waals surface area contributed by atoms with Crippen LogP contribution in [0.25, 0.3) is 0 Å². The zero-order chi connectivity index (χ0) is 17.6. The van der Waals surface area contributed by atoms with Gasteiger partial charge in [-0.25, -0.2) is 9.97 Å². The molecule has 8 nitrogen and oxygen atoms in total. The van der Waals surface area contributed by atoms with Gasteiger partial charge in [0.05, 0.1) is 11.0 Å². The second kappa shape index (κ2) is 7.89. The van der Waals surface area contributed by atoms with Crippen LogP contribution in [0.5, 0.6) is 0 Å². The zero-order valence-corrected chi connectivity index (χ0v) is 14.1.